The van der Waals surface area contributed by atoms with Crippen LogP contribution in [0.15, 0.2) is 47.6 Å². The minimum Gasteiger partial charge on any atom is -0.489 e. The van der Waals surface area contributed by atoms with E-state index >= 15 is 0 Å². The average Bonchev–Trinajstić information content (AvgIpc) is 2.48. The molecule has 0 aromatic heterocycles. The summed E-state index contributed by atoms with van der Waals surface area (Å²) in [4.78, 5) is 0. The monoisotopic (exact) mass is 309 g/mol. The van der Waals surface area contributed by atoms with Crippen LogP contribution in [0.4, 0.5) is 0 Å². The predicted molar refractivity (Wildman–Crippen MR) is 81.2 cm³/mol. The Bertz CT molecular complexity index is 624. The molecule has 0 aliphatic heterocycles. The summed E-state index contributed by atoms with van der Waals surface area (Å²) in [7, 11) is 0. The highest BCUT2D eigenvalue weighted by atomic mass is 35.5. The third-order valence-corrected chi connectivity index (χ3v) is 3.55. The van der Waals surface area contributed by atoms with Gasteiger partial charge in [-0.15, -0.1) is 0 Å². The van der Waals surface area contributed by atoms with Gasteiger partial charge in [0, 0.05) is 0 Å². The second kappa shape index (κ2) is 6.64. The van der Waals surface area contributed by atoms with Crippen molar-refractivity contribution in [2.45, 2.75) is 13.5 Å². The number of ether oxygens (including phenoxy) is 1. The van der Waals surface area contributed by atoms with Crippen molar-refractivity contribution in [1.82, 2.24) is 0 Å². The highest BCUT2D eigenvalue weighted by Gasteiger charge is 2.02. The topological polar surface area (TPSA) is 41.8 Å². The van der Waals surface area contributed by atoms with Crippen LogP contribution in [0.5, 0.6) is 5.75 Å². The van der Waals surface area contributed by atoms with Gasteiger partial charge in [-0.3, -0.25) is 0 Å². The molecule has 0 amide bonds. The molecule has 5 heteroatoms. The van der Waals surface area contributed by atoms with Crippen LogP contribution >= 0.6 is 23.2 Å². The molecular weight excluding hydrogens is 297 g/mol. The zero-order valence-corrected chi connectivity index (χ0v) is 12.3. The van der Waals surface area contributed by atoms with E-state index in [2.05, 4.69) is 5.16 Å². The third-order valence-electron chi connectivity index (χ3n) is 2.81. The maximum Gasteiger partial charge on any atom is 0.119 e. The molecule has 2 rings (SSSR count). The Kier molecular flexibility index (Phi) is 4.88. The molecule has 0 saturated heterocycles. The summed E-state index contributed by atoms with van der Waals surface area (Å²) >= 11 is 11.8. The van der Waals surface area contributed by atoms with E-state index in [1.807, 2.05) is 30.3 Å². The molecule has 2 aromatic rings. The van der Waals surface area contributed by atoms with E-state index in [0.29, 0.717) is 22.4 Å². The summed E-state index contributed by atoms with van der Waals surface area (Å²) in [6.07, 6.45) is 0. The first-order chi connectivity index (χ1) is 9.60. The Labute approximate surface area is 127 Å². The van der Waals surface area contributed by atoms with E-state index in [0.717, 1.165) is 16.9 Å². The molecule has 0 spiro atoms. The molecule has 0 heterocycles. The maximum absolute atomic E-state index is 8.69. The summed E-state index contributed by atoms with van der Waals surface area (Å²) in [5.74, 6) is 0.727. The number of hydrogen-bond donors (Lipinski definition) is 1. The first kappa shape index (κ1) is 14.7. The van der Waals surface area contributed by atoms with Gasteiger partial charge >= 0.3 is 0 Å². The normalized spacial score (nSPS) is 11.4. The van der Waals surface area contributed by atoms with Crippen LogP contribution in [0.25, 0.3) is 0 Å². The van der Waals surface area contributed by atoms with E-state index in [9.17, 15) is 0 Å². The lowest BCUT2D eigenvalue weighted by atomic mass is 10.1. The average molecular weight is 310 g/mol. The Morgan fingerprint density at radius 1 is 1.10 bits per heavy atom. The van der Waals surface area contributed by atoms with Gasteiger partial charge in [0.2, 0.25) is 0 Å². The Hall–Kier alpha value is -1.71. The van der Waals surface area contributed by atoms with Gasteiger partial charge in [-0.05, 0) is 54.4 Å². The first-order valence-electron chi connectivity index (χ1n) is 5.96. The number of oxime groups is 1. The van der Waals surface area contributed by atoms with Crippen molar-refractivity contribution in [3.8, 4) is 5.75 Å². The fraction of sp³-hybridized carbons (Fsp3) is 0.133. The van der Waals surface area contributed by atoms with Crippen molar-refractivity contribution in [2.24, 2.45) is 5.16 Å². The molecule has 0 atom stereocenters. The van der Waals surface area contributed by atoms with Crippen molar-refractivity contribution in [3.63, 3.8) is 0 Å². The fourth-order valence-corrected chi connectivity index (χ4v) is 1.97. The lowest BCUT2D eigenvalue weighted by Gasteiger charge is -2.08. The molecule has 0 aliphatic rings. The largest absolute Gasteiger partial charge is 0.489 e. The van der Waals surface area contributed by atoms with Crippen molar-refractivity contribution < 1.29 is 9.94 Å². The summed E-state index contributed by atoms with van der Waals surface area (Å²) in [6, 6.07) is 12.7. The fourth-order valence-electron chi connectivity index (χ4n) is 1.65. The van der Waals surface area contributed by atoms with E-state index in [1.54, 1.807) is 19.1 Å². The predicted octanol–water partition coefficient (Wildman–Crippen LogP) is 4.77. The molecule has 2 aromatic carbocycles. The van der Waals surface area contributed by atoms with Crippen LogP contribution in [0.1, 0.15) is 18.1 Å². The first-order valence-corrected chi connectivity index (χ1v) is 6.71. The Morgan fingerprint density at radius 3 is 2.40 bits per heavy atom. The molecule has 104 valence electrons. The highest BCUT2D eigenvalue weighted by Crippen LogP contribution is 2.23. The number of rotatable bonds is 4. The van der Waals surface area contributed by atoms with E-state index in [-0.39, 0.29) is 0 Å². The van der Waals surface area contributed by atoms with Crippen LogP contribution in [-0.2, 0) is 6.61 Å². The molecule has 1 N–H and O–H groups in total. The van der Waals surface area contributed by atoms with Crippen LogP contribution in [-0.4, -0.2) is 10.9 Å². The summed E-state index contributed by atoms with van der Waals surface area (Å²) < 4.78 is 5.65. The van der Waals surface area contributed by atoms with Crippen molar-refractivity contribution >= 4 is 28.9 Å². The molecule has 0 bridgehead atoms. The van der Waals surface area contributed by atoms with Crippen molar-refractivity contribution in [3.05, 3.63) is 63.6 Å². The van der Waals surface area contributed by atoms with Crippen LogP contribution < -0.4 is 4.74 Å². The minimum atomic E-state index is 0.406. The third kappa shape index (κ3) is 3.65. The molecule has 0 unspecified atom stereocenters. The van der Waals surface area contributed by atoms with Crippen molar-refractivity contribution in [1.29, 1.82) is 0 Å². The van der Waals surface area contributed by atoms with Gasteiger partial charge in [-0.25, -0.2) is 0 Å². The molecule has 3 nitrogen and oxygen atoms in total. The maximum atomic E-state index is 8.69. The second-order valence-corrected chi connectivity index (χ2v) is 5.06. The van der Waals surface area contributed by atoms with Gasteiger partial charge in [0.1, 0.15) is 12.4 Å². The van der Waals surface area contributed by atoms with E-state index in [4.69, 9.17) is 33.1 Å². The number of nitrogens with zero attached hydrogens (tertiary/aromatic N) is 1. The number of hydrogen-bond acceptors (Lipinski definition) is 3. The van der Waals surface area contributed by atoms with Gasteiger partial charge in [0.25, 0.3) is 0 Å². The zero-order chi connectivity index (χ0) is 14.5. The van der Waals surface area contributed by atoms with Crippen LogP contribution in [0.2, 0.25) is 10.0 Å². The number of halogens is 2. The van der Waals surface area contributed by atoms with Crippen LogP contribution in [0, 0.1) is 0 Å². The Balaban J connectivity index is 2.02. The van der Waals surface area contributed by atoms with Gasteiger partial charge in [-0.2, -0.15) is 0 Å². The van der Waals surface area contributed by atoms with E-state index in [1.165, 1.54) is 0 Å². The molecule has 0 aliphatic carbocycles. The quantitative estimate of drug-likeness (QED) is 0.502. The van der Waals surface area contributed by atoms with Gasteiger partial charge < -0.3 is 9.94 Å². The van der Waals surface area contributed by atoms with E-state index < -0.39 is 0 Å². The number of benzene rings is 2. The van der Waals surface area contributed by atoms with Gasteiger partial charge in [0.05, 0.1) is 15.8 Å². The molecule has 0 saturated carbocycles. The summed E-state index contributed by atoms with van der Waals surface area (Å²) in [5.41, 5.74) is 2.34. The highest BCUT2D eigenvalue weighted by molar-refractivity contribution is 6.42. The zero-order valence-electron chi connectivity index (χ0n) is 10.8. The van der Waals surface area contributed by atoms with Crippen molar-refractivity contribution in [2.75, 3.05) is 0 Å². The molecule has 20 heavy (non-hydrogen) atoms. The second-order valence-electron chi connectivity index (χ2n) is 4.25. The summed E-state index contributed by atoms with van der Waals surface area (Å²) in [5, 5.41) is 12.9. The molecule has 0 fully saturated rings. The molecule has 0 radical (unpaired) electrons. The lowest BCUT2D eigenvalue weighted by Crippen LogP contribution is -1.97. The smallest absolute Gasteiger partial charge is 0.119 e. The van der Waals surface area contributed by atoms with Crippen LogP contribution in [0.3, 0.4) is 0 Å². The minimum absolute atomic E-state index is 0.406. The lowest BCUT2D eigenvalue weighted by molar-refractivity contribution is 0.306. The SMILES string of the molecule is C/C(=N\O)c1ccc(OCc2ccc(Cl)c(Cl)c2)cc1. The summed E-state index contributed by atoms with van der Waals surface area (Å²) in [6.45, 7) is 2.13. The Morgan fingerprint density at radius 2 is 1.80 bits per heavy atom. The van der Waals surface area contributed by atoms with Gasteiger partial charge in [-0.1, -0.05) is 34.4 Å². The standard InChI is InChI=1S/C15H13Cl2NO2/c1-10(18-19)12-3-5-13(6-4-12)20-9-11-2-7-14(16)15(17)8-11/h2-8,19H,9H2,1H3/b18-10+. The van der Waals surface area contributed by atoms with Gasteiger partial charge in [0.15, 0.2) is 0 Å². The molecular formula is C15H13Cl2NO2.